The van der Waals surface area contributed by atoms with Crippen molar-refractivity contribution in [2.45, 2.75) is 64.1 Å². The van der Waals surface area contributed by atoms with Crippen molar-refractivity contribution in [1.82, 2.24) is 4.90 Å². The first-order valence-corrected chi connectivity index (χ1v) is 9.51. The Hall–Kier alpha value is -1.23. The summed E-state index contributed by atoms with van der Waals surface area (Å²) in [7, 11) is 0. The fourth-order valence-electron chi connectivity index (χ4n) is 3.78. The minimum absolute atomic E-state index is 0.151. The van der Waals surface area contributed by atoms with Crippen molar-refractivity contribution in [2.75, 3.05) is 6.61 Å². The monoisotopic (exact) mass is 395 g/mol. The molecule has 132 valence electrons. The number of hydrogen-bond donors (Lipinski definition) is 0. The summed E-state index contributed by atoms with van der Waals surface area (Å²) in [6, 6.07) is 8.55. The molecule has 3 rings (SSSR count). The summed E-state index contributed by atoms with van der Waals surface area (Å²) in [6.07, 6.45) is 4.03. The van der Waals surface area contributed by atoms with Crippen LogP contribution in [0.3, 0.4) is 0 Å². The molecule has 0 spiro atoms. The number of piperidine rings is 1. The minimum atomic E-state index is -0.432. The standard InChI is InChI=1S/C19H26BrNO3/c1-19(2,3)24-18(22)21-15-6-7-16(21)11-13(10-15)12-23-17-8-4-14(20)5-9-17/h4-5,8-9,13,15-16H,6-7,10-12H2,1-3H3. The lowest BCUT2D eigenvalue weighted by Crippen LogP contribution is -2.49. The number of carbonyl (C=O) groups excluding carboxylic acids is 1. The highest BCUT2D eigenvalue weighted by Gasteiger charge is 2.44. The predicted molar refractivity (Wildman–Crippen MR) is 97.2 cm³/mol. The average Bonchev–Trinajstić information content (AvgIpc) is 2.76. The molecule has 2 atom stereocenters. The lowest BCUT2D eigenvalue weighted by molar-refractivity contribution is -0.000961. The molecule has 4 nitrogen and oxygen atoms in total. The molecule has 0 aromatic heterocycles. The lowest BCUT2D eigenvalue weighted by atomic mass is 9.91. The van der Waals surface area contributed by atoms with Crippen molar-refractivity contribution in [3.8, 4) is 5.75 Å². The van der Waals surface area contributed by atoms with Crippen LogP contribution in [0.5, 0.6) is 5.75 Å². The first-order valence-electron chi connectivity index (χ1n) is 8.71. The van der Waals surface area contributed by atoms with Crippen LogP contribution >= 0.6 is 15.9 Å². The molecule has 0 aliphatic carbocycles. The molecular weight excluding hydrogens is 370 g/mol. The second-order valence-electron chi connectivity index (χ2n) is 7.87. The molecule has 0 saturated carbocycles. The van der Waals surface area contributed by atoms with Crippen molar-refractivity contribution in [1.29, 1.82) is 0 Å². The molecule has 5 heteroatoms. The number of rotatable bonds is 3. The Labute approximate surface area is 152 Å². The number of hydrogen-bond acceptors (Lipinski definition) is 3. The summed E-state index contributed by atoms with van der Waals surface area (Å²) < 4.78 is 12.6. The largest absolute Gasteiger partial charge is 0.493 e. The van der Waals surface area contributed by atoms with E-state index in [0.29, 0.717) is 18.0 Å². The Bertz CT molecular complexity index is 567. The van der Waals surface area contributed by atoms with E-state index in [0.717, 1.165) is 42.5 Å². The van der Waals surface area contributed by atoms with E-state index >= 15 is 0 Å². The quantitative estimate of drug-likeness (QED) is 0.721. The fraction of sp³-hybridized carbons (Fsp3) is 0.632. The molecule has 1 aromatic carbocycles. The normalized spacial score (nSPS) is 26.3. The second-order valence-corrected chi connectivity index (χ2v) is 8.79. The molecular formula is C19H26BrNO3. The van der Waals surface area contributed by atoms with E-state index in [4.69, 9.17) is 9.47 Å². The Morgan fingerprint density at radius 1 is 1.17 bits per heavy atom. The molecule has 0 radical (unpaired) electrons. The van der Waals surface area contributed by atoms with Gasteiger partial charge in [0, 0.05) is 16.6 Å². The summed E-state index contributed by atoms with van der Waals surface area (Å²) >= 11 is 3.43. The van der Waals surface area contributed by atoms with Crippen molar-refractivity contribution >= 4 is 22.0 Å². The summed E-state index contributed by atoms with van der Waals surface area (Å²) in [5.41, 5.74) is -0.432. The van der Waals surface area contributed by atoms with E-state index in [1.807, 2.05) is 49.9 Å². The molecule has 2 heterocycles. The lowest BCUT2D eigenvalue weighted by Gasteiger charge is -2.39. The summed E-state index contributed by atoms with van der Waals surface area (Å²) in [4.78, 5) is 14.4. The van der Waals surface area contributed by atoms with Gasteiger partial charge in [-0.2, -0.15) is 0 Å². The molecule has 1 amide bonds. The number of fused-ring (bicyclic) bond motifs is 2. The minimum Gasteiger partial charge on any atom is -0.493 e. The van der Waals surface area contributed by atoms with Gasteiger partial charge >= 0.3 is 6.09 Å². The highest BCUT2D eigenvalue weighted by atomic mass is 79.9. The van der Waals surface area contributed by atoms with Crippen LogP contribution in [0.1, 0.15) is 46.5 Å². The zero-order valence-corrected chi connectivity index (χ0v) is 16.2. The van der Waals surface area contributed by atoms with Crippen molar-refractivity contribution in [3.05, 3.63) is 28.7 Å². The van der Waals surface area contributed by atoms with E-state index in [-0.39, 0.29) is 6.09 Å². The first kappa shape index (κ1) is 17.6. The molecule has 2 bridgehead atoms. The van der Waals surface area contributed by atoms with Gasteiger partial charge in [-0.15, -0.1) is 0 Å². The molecule has 2 saturated heterocycles. The zero-order valence-electron chi connectivity index (χ0n) is 14.6. The van der Waals surface area contributed by atoms with E-state index in [9.17, 15) is 4.79 Å². The van der Waals surface area contributed by atoms with Crippen LogP contribution in [-0.2, 0) is 4.74 Å². The van der Waals surface area contributed by atoms with Gasteiger partial charge in [-0.3, -0.25) is 0 Å². The highest BCUT2D eigenvalue weighted by molar-refractivity contribution is 9.10. The van der Waals surface area contributed by atoms with Crippen LogP contribution < -0.4 is 4.74 Å². The molecule has 0 N–H and O–H groups in total. The molecule has 2 fully saturated rings. The molecule has 2 aliphatic rings. The van der Waals surface area contributed by atoms with Crippen molar-refractivity contribution in [3.63, 3.8) is 0 Å². The third-order valence-corrected chi connectivity index (χ3v) is 5.26. The van der Waals surface area contributed by atoms with E-state index in [1.165, 1.54) is 0 Å². The first-order chi connectivity index (χ1) is 11.3. The summed E-state index contributed by atoms with van der Waals surface area (Å²) in [5.74, 6) is 1.41. The van der Waals surface area contributed by atoms with Crippen LogP contribution in [0.4, 0.5) is 4.79 Å². The van der Waals surface area contributed by atoms with Gasteiger partial charge in [-0.25, -0.2) is 4.79 Å². The van der Waals surface area contributed by atoms with E-state index in [2.05, 4.69) is 15.9 Å². The maximum Gasteiger partial charge on any atom is 0.410 e. The number of benzene rings is 1. The smallest absolute Gasteiger partial charge is 0.410 e. The predicted octanol–water partition coefficient (Wildman–Crippen LogP) is 5.01. The van der Waals surface area contributed by atoms with Crippen LogP contribution in [0.15, 0.2) is 28.7 Å². The van der Waals surface area contributed by atoms with Gasteiger partial charge in [0.1, 0.15) is 11.4 Å². The van der Waals surface area contributed by atoms with Crippen molar-refractivity contribution in [2.24, 2.45) is 5.92 Å². The van der Waals surface area contributed by atoms with Gasteiger partial charge in [0.15, 0.2) is 0 Å². The number of halogens is 1. The van der Waals surface area contributed by atoms with Gasteiger partial charge in [-0.1, -0.05) is 15.9 Å². The number of ether oxygens (including phenoxy) is 2. The SMILES string of the molecule is CC(C)(C)OC(=O)N1C2CCC1CC(COc1ccc(Br)cc1)C2. The molecule has 24 heavy (non-hydrogen) atoms. The number of carbonyl (C=O) groups is 1. The van der Waals surface area contributed by atoms with E-state index in [1.54, 1.807) is 0 Å². The third kappa shape index (κ3) is 4.24. The van der Waals surface area contributed by atoms with Gasteiger partial charge in [0.25, 0.3) is 0 Å². The summed E-state index contributed by atoms with van der Waals surface area (Å²) in [5, 5.41) is 0. The second kappa shape index (κ2) is 6.95. The van der Waals surface area contributed by atoms with E-state index < -0.39 is 5.60 Å². The van der Waals surface area contributed by atoms with Gasteiger partial charge in [0.2, 0.25) is 0 Å². The average molecular weight is 396 g/mol. The molecule has 2 unspecified atom stereocenters. The fourth-order valence-corrected chi connectivity index (χ4v) is 4.05. The van der Waals surface area contributed by atoms with Crippen LogP contribution in [0, 0.1) is 5.92 Å². The van der Waals surface area contributed by atoms with Crippen LogP contribution in [-0.4, -0.2) is 35.3 Å². The van der Waals surface area contributed by atoms with Gasteiger partial charge in [0.05, 0.1) is 6.61 Å². The van der Waals surface area contributed by atoms with Gasteiger partial charge < -0.3 is 14.4 Å². The molecule has 1 aromatic rings. The Balaban J connectivity index is 1.55. The summed E-state index contributed by atoms with van der Waals surface area (Å²) in [6.45, 7) is 6.49. The molecule has 2 aliphatic heterocycles. The Morgan fingerprint density at radius 3 is 2.29 bits per heavy atom. The number of amides is 1. The maximum atomic E-state index is 12.5. The topological polar surface area (TPSA) is 38.8 Å². The Morgan fingerprint density at radius 2 is 1.75 bits per heavy atom. The van der Waals surface area contributed by atoms with Gasteiger partial charge in [-0.05, 0) is 76.6 Å². The van der Waals surface area contributed by atoms with Crippen LogP contribution in [0.25, 0.3) is 0 Å². The maximum absolute atomic E-state index is 12.5. The third-order valence-electron chi connectivity index (χ3n) is 4.73. The van der Waals surface area contributed by atoms with Crippen LogP contribution in [0.2, 0.25) is 0 Å². The van der Waals surface area contributed by atoms with Crippen molar-refractivity contribution < 1.29 is 14.3 Å². The highest BCUT2D eigenvalue weighted by Crippen LogP contribution is 2.39. The zero-order chi connectivity index (χ0) is 17.3. The number of nitrogens with zero attached hydrogens (tertiary/aromatic N) is 1. The Kier molecular flexibility index (Phi) is 5.09.